The van der Waals surface area contributed by atoms with Gasteiger partial charge in [0.15, 0.2) is 12.2 Å². The zero-order valence-electron chi connectivity index (χ0n) is 59.3. The molecule has 0 aliphatic heterocycles. The van der Waals surface area contributed by atoms with Crippen molar-refractivity contribution >= 4 is 39.5 Å². The molecule has 0 aromatic carbocycles. The van der Waals surface area contributed by atoms with Crippen molar-refractivity contribution < 1.29 is 80.2 Å². The molecule has 91 heavy (non-hydrogen) atoms. The highest BCUT2D eigenvalue weighted by atomic mass is 31.2. The number of phosphoric ester groups is 2. The third-order valence-corrected chi connectivity index (χ3v) is 18.9. The number of aliphatic hydroxyl groups excluding tert-OH is 1. The minimum absolute atomic E-state index is 0.105. The molecule has 0 spiro atoms. The second-order valence-electron chi connectivity index (χ2n) is 27.2. The van der Waals surface area contributed by atoms with E-state index >= 15 is 0 Å². The summed E-state index contributed by atoms with van der Waals surface area (Å²) in [6.07, 6.45) is 47.1. The number of unbranched alkanes of at least 4 members (excludes halogenated alkanes) is 37. The van der Waals surface area contributed by atoms with E-state index in [9.17, 15) is 43.2 Å². The first-order chi connectivity index (χ1) is 43.8. The van der Waals surface area contributed by atoms with Crippen LogP contribution in [-0.2, 0) is 65.4 Å². The van der Waals surface area contributed by atoms with Gasteiger partial charge in [-0.05, 0) is 43.4 Å². The van der Waals surface area contributed by atoms with Crippen molar-refractivity contribution in [3.63, 3.8) is 0 Å². The van der Waals surface area contributed by atoms with E-state index in [0.29, 0.717) is 25.7 Å². The van der Waals surface area contributed by atoms with Crippen LogP contribution in [0, 0.1) is 17.8 Å². The molecule has 3 unspecified atom stereocenters. The van der Waals surface area contributed by atoms with Crippen molar-refractivity contribution in [1.29, 1.82) is 0 Å². The van der Waals surface area contributed by atoms with Gasteiger partial charge in [-0.25, -0.2) is 9.13 Å². The van der Waals surface area contributed by atoms with E-state index in [-0.39, 0.29) is 25.7 Å². The van der Waals surface area contributed by atoms with E-state index in [4.69, 9.17) is 37.0 Å². The van der Waals surface area contributed by atoms with Crippen LogP contribution in [0.3, 0.4) is 0 Å². The SMILES string of the molecule is CCCCCCCCCCCC(=O)OC[C@H](COP(=O)(O)OC[C@H](O)COP(=O)(O)OC[C@@H](COC(=O)CCCCCCCCCCCC(C)C)OC(=O)CCCCCCCCCCCCCCCCCC(C)C)OC(=O)CCCCCCCCCCC(C)CC. The van der Waals surface area contributed by atoms with E-state index in [1.807, 2.05) is 0 Å². The third kappa shape index (κ3) is 65.1. The summed E-state index contributed by atoms with van der Waals surface area (Å²) >= 11 is 0. The number of phosphoric acid groups is 2. The molecule has 6 atom stereocenters. The molecule has 0 amide bonds. The first-order valence-corrected chi connectivity index (χ1v) is 40.4. The van der Waals surface area contributed by atoms with E-state index in [0.717, 1.165) is 108 Å². The molecule has 17 nitrogen and oxygen atoms in total. The molecule has 540 valence electrons. The number of ether oxygens (including phenoxy) is 4. The van der Waals surface area contributed by atoms with Gasteiger partial charge in [0.1, 0.15) is 19.3 Å². The van der Waals surface area contributed by atoms with Gasteiger partial charge in [-0.3, -0.25) is 37.3 Å². The average molecular weight is 1340 g/mol. The Morgan fingerprint density at radius 2 is 0.560 bits per heavy atom. The van der Waals surface area contributed by atoms with Gasteiger partial charge < -0.3 is 33.8 Å². The van der Waals surface area contributed by atoms with E-state index < -0.39 is 97.5 Å². The Kier molecular flexibility index (Phi) is 61.5. The van der Waals surface area contributed by atoms with Gasteiger partial charge in [-0.15, -0.1) is 0 Å². The molecule has 0 aromatic heterocycles. The highest BCUT2D eigenvalue weighted by Crippen LogP contribution is 2.45. The Balaban J connectivity index is 5.23. The van der Waals surface area contributed by atoms with Crippen molar-refractivity contribution in [2.24, 2.45) is 17.8 Å². The number of hydrogen-bond donors (Lipinski definition) is 3. The van der Waals surface area contributed by atoms with Crippen LogP contribution in [0.5, 0.6) is 0 Å². The van der Waals surface area contributed by atoms with Gasteiger partial charge in [0.05, 0.1) is 26.4 Å². The molecule has 0 saturated carbocycles. The third-order valence-electron chi connectivity index (χ3n) is 17.0. The predicted molar refractivity (Wildman–Crippen MR) is 368 cm³/mol. The number of aliphatic hydroxyl groups is 1. The standard InChI is InChI=1S/C72H140O17P2/c1-8-10-11-12-13-22-32-39-46-53-69(74)82-59-68(89-72(77)56-49-42-35-28-27-31-38-45-52-65(7)9-2)62-87-91(80,81)85-58-66(73)57-84-90(78,79)86-61-67(60-83-70(75)54-47-40-33-26-21-24-30-37-44-51-64(5)6)88-71(76)55-48-41-34-25-20-18-16-14-15-17-19-23-29-36-43-50-63(3)4/h63-68,73H,8-62H2,1-7H3,(H,78,79)(H,80,81)/t65?,66-,67-,68-/m1/s1. The maximum absolute atomic E-state index is 13.0. The Morgan fingerprint density at radius 1 is 0.319 bits per heavy atom. The van der Waals surface area contributed by atoms with Gasteiger partial charge in [0, 0.05) is 25.7 Å². The summed E-state index contributed by atoms with van der Waals surface area (Å²) in [7, 11) is -9.90. The molecule has 0 rings (SSSR count). The van der Waals surface area contributed by atoms with Crippen molar-refractivity contribution in [1.82, 2.24) is 0 Å². The predicted octanol–water partition coefficient (Wildman–Crippen LogP) is 20.6. The highest BCUT2D eigenvalue weighted by molar-refractivity contribution is 7.47. The van der Waals surface area contributed by atoms with Crippen molar-refractivity contribution in [2.45, 2.75) is 381 Å². The Bertz CT molecular complexity index is 1790. The Morgan fingerprint density at radius 3 is 0.835 bits per heavy atom. The van der Waals surface area contributed by atoms with Crippen molar-refractivity contribution in [2.75, 3.05) is 39.6 Å². The molecule has 0 aliphatic carbocycles. The van der Waals surface area contributed by atoms with Gasteiger partial charge in [0.25, 0.3) is 0 Å². The van der Waals surface area contributed by atoms with Crippen LogP contribution in [0.15, 0.2) is 0 Å². The van der Waals surface area contributed by atoms with Crippen LogP contribution in [-0.4, -0.2) is 96.7 Å². The second-order valence-corrected chi connectivity index (χ2v) is 30.1. The van der Waals surface area contributed by atoms with Crippen LogP contribution in [0.25, 0.3) is 0 Å². The van der Waals surface area contributed by atoms with E-state index in [1.165, 1.54) is 173 Å². The van der Waals surface area contributed by atoms with E-state index in [2.05, 4.69) is 48.5 Å². The van der Waals surface area contributed by atoms with Gasteiger partial charge in [-0.2, -0.15) is 0 Å². The summed E-state index contributed by atoms with van der Waals surface area (Å²) in [5.74, 6) is 0.190. The average Bonchev–Trinajstić information content (AvgIpc) is 2.15. The molecular formula is C72H140O17P2. The second kappa shape index (κ2) is 62.8. The van der Waals surface area contributed by atoms with Crippen LogP contribution in [0.1, 0.15) is 363 Å². The zero-order valence-corrected chi connectivity index (χ0v) is 61.1. The minimum Gasteiger partial charge on any atom is -0.462 e. The number of rotatable bonds is 70. The van der Waals surface area contributed by atoms with Gasteiger partial charge >= 0.3 is 39.5 Å². The Labute approximate surface area is 556 Å². The molecule has 19 heteroatoms. The fourth-order valence-electron chi connectivity index (χ4n) is 10.9. The molecule has 0 bridgehead atoms. The first-order valence-electron chi connectivity index (χ1n) is 37.4. The lowest BCUT2D eigenvalue weighted by atomic mass is 9.99. The zero-order chi connectivity index (χ0) is 67.3. The topological polar surface area (TPSA) is 237 Å². The van der Waals surface area contributed by atoms with Crippen LogP contribution >= 0.6 is 15.6 Å². The van der Waals surface area contributed by atoms with Crippen LogP contribution in [0.4, 0.5) is 0 Å². The minimum atomic E-state index is -4.95. The van der Waals surface area contributed by atoms with Crippen molar-refractivity contribution in [3.05, 3.63) is 0 Å². The molecule has 0 radical (unpaired) electrons. The van der Waals surface area contributed by atoms with Crippen LogP contribution in [0.2, 0.25) is 0 Å². The molecule has 0 aromatic rings. The molecule has 0 fully saturated rings. The summed E-state index contributed by atoms with van der Waals surface area (Å²) in [6.45, 7) is 11.9. The largest absolute Gasteiger partial charge is 0.472 e. The lowest BCUT2D eigenvalue weighted by Gasteiger charge is -2.21. The number of carbonyl (C=O) groups excluding carboxylic acids is 4. The molecule has 0 heterocycles. The molecular weight excluding hydrogens is 1200 g/mol. The molecule has 3 N–H and O–H groups in total. The summed E-state index contributed by atoms with van der Waals surface area (Å²) in [6, 6.07) is 0. The lowest BCUT2D eigenvalue weighted by molar-refractivity contribution is -0.161. The molecule has 0 saturated heterocycles. The first kappa shape index (κ1) is 89.1. The maximum atomic E-state index is 13.0. The quantitative estimate of drug-likeness (QED) is 0.0222. The summed E-state index contributed by atoms with van der Waals surface area (Å²) < 4.78 is 68.3. The number of carbonyl (C=O) groups is 4. The lowest BCUT2D eigenvalue weighted by Crippen LogP contribution is -2.30. The Hall–Kier alpha value is -1.94. The number of esters is 4. The fourth-order valence-corrected chi connectivity index (χ4v) is 12.4. The highest BCUT2D eigenvalue weighted by Gasteiger charge is 2.30. The van der Waals surface area contributed by atoms with Gasteiger partial charge in [0.2, 0.25) is 0 Å². The van der Waals surface area contributed by atoms with Crippen LogP contribution < -0.4 is 0 Å². The molecule has 0 aliphatic rings. The van der Waals surface area contributed by atoms with Crippen molar-refractivity contribution in [3.8, 4) is 0 Å². The summed E-state index contributed by atoms with van der Waals surface area (Å²) in [4.78, 5) is 72.6. The summed E-state index contributed by atoms with van der Waals surface area (Å²) in [5.41, 5.74) is 0. The smallest absolute Gasteiger partial charge is 0.462 e. The maximum Gasteiger partial charge on any atom is 0.472 e. The number of hydrogen-bond acceptors (Lipinski definition) is 15. The monoisotopic (exact) mass is 1340 g/mol. The van der Waals surface area contributed by atoms with Gasteiger partial charge in [-0.1, -0.05) is 312 Å². The normalized spacial score (nSPS) is 14.5. The van der Waals surface area contributed by atoms with E-state index in [1.54, 1.807) is 0 Å². The fraction of sp³-hybridized carbons (Fsp3) is 0.944. The summed E-state index contributed by atoms with van der Waals surface area (Å²) in [5, 5.41) is 10.6.